The number of hydrogen-bond acceptors (Lipinski definition) is 6. The largest absolute Gasteiger partial charge is 0.493 e. The molecule has 0 aliphatic carbocycles. The number of aromatic nitrogens is 1. The van der Waals surface area contributed by atoms with Crippen LogP contribution < -0.4 is 14.8 Å². The molecule has 34 heavy (non-hydrogen) atoms. The summed E-state index contributed by atoms with van der Waals surface area (Å²) in [6.45, 7) is 0.335. The van der Waals surface area contributed by atoms with Crippen LogP contribution in [0.2, 0.25) is 0 Å². The van der Waals surface area contributed by atoms with E-state index in [0.29, 0.717) is 29.2 Å². The van der Waals surface area contributed by atoms with Gasteiger partial charge in [0.15, 0.2) is 11.5 Å². The van der Waals surface area contributed by atoms with Gasteiger partial charge in [0.2, 0.25) is 5.91 Å². The number of carbonyl (C=O) groups excluding carboxylic acids is 2. The third kappa shape index (κ3) is 4.46. The Morgan fingerprint density at radius 3 is 2.44 bits per heavy atom. The Morgan fingerprint density at radius 1 is 1.12 bits per heavy atom. The number of carbonyl (C=O) groups is 2. The molecule has 3 aromatic rings. The topological polar surface area (TPSA) is 80.8 Å². The minimum Gasteiger partial charge on any atom is -0.493 e. The van der Waals surface area contributed by atoms with Crippen LogP contribution in [-0.4, -0.2) is 49.2 Å². The van der Waals surface area contributed by atoms with Crippen LogP contribution in [0.15, 0.2) is 65.8 Å². The molecule has 0 fully saturated rings. The van der Waals surface area contributed by atoms with E-state index in [-0.39, 0.29) is 11.8 Å². The second-order valence-corrected chi connectivity index (χ2v) is 8.86. The first-order chi connectivity index (χ1) is 16.5. The number of ether oxygens (including phenoxy) is 2. The van der Waals surface area contributed by atoms with Gasteiger partial charge in [0, 0.05) is 36.4 Å². The predicted octanol–water partition coefficient (Wildman–Crippen LogP) is 4.05. The van der Waals surface area contributed by atoms with Crippen LogP contribution in [0.1, 0.15) is 39.0 Å². The molecule has 4 rings (SSSR count). The molecule has 0 spiro atoms. The average molecular weight is 478 g/mol. The number of pyridine rings is 1. The first kappa shape index (κ1) is 23.6. The molecule has 1 aliphatic heterocycles. The van der Waals surface area contributed by atoms with Crippen LogP contribution in [0.3, 0.4) is 0 Å². The van der Waals surface area contributed by atoms with Crippen molar-refractivity contribution in [3.63, 3.8) is 0 Å². The minimum absolute atomic E-state index is 0.175. The van der Waals surface area contributed by atoms with Crippen LogP contribution in [0.25, 0.3) is 0 Å². The maximum Gasteiger partial charge on any atom is 0.254 e. The Kier molecular flexibility index (Phi) is 7.07. The Labute approximate surface area is 203 Å². The zero-order valence-corrected chi connectivity index (χ0v) is 20.4. The lowest BCUT2D eigenvalue weighted by Gasteiger charge is -2.40. The van der Waals surface area contributed by atoms with Gasteiger partial charge in [-0.2, -0.15) is 0 Å². The highest BCUT2D eigenvalue weighted by atomic mass is 32.2. The second-order valence-electron chi connectivity index (χ2n) is 7.99. The number of methoxy groups -OCH3 is 2. The predicted molar refractivity (Wildman–Crippen MR) is 131 cm³/mol. The fraction of sp³-hybridized carbons (Fsp3) is 0.269. The molecule has 1 N–H and O–H groups in total. The number of benzene rings is 2. The maximum absolute atomic E-state index is 13.7. The number of rotatable bonds is 7. The van der Waals surface area contributed by atoms with Crippen molar-refractivity contribution in [1.29, 1.82) is 0 Å². The normalized spacial score (nSPS) is 17.2. The highest BCUT2D eigenvalue weighted by molar-refractivity contribution is 7.98. The SMILES string of the molecule is COc1cc2c(cc1OC)[C@@H](C(=O)NCc1cccnc1)[C@@H](c1ccc(SC)cc1)N(C)C2=O. The molecule has 2 heterocycles. The standard InChI is InChI=1S/C26H27N3O4S/c1-29-24(17-7-9-18(34-4)10-8-17)23(25(30)28-15-16-6-5-11-27-14-16)19-12-21(32-2)22(33-3)13-20(19)26(29)31/h5-14,23-24H,15H2,1-4H3,(H,28,30)/t23-,24-/m1/s1. The van der Waals surface area contributed by atoms with Crippen molar-refractivity contribution in [2.45, 2.75) is 23.4 Å². The van der Waals surface area contributed by atoms with E-state index >= 15 is 0 Å². The molecule has 7 nitrogen and oxygen atoms in total. The summed E-state index contributed by atoms with van der Waals surface area (Å²) in [7, 11) is 4.79. The lowest BCUT2D eigenvalue weighted by molar-refractivity contribution is -0.124. The molecule has 2 amide bonds. The van der Waals surface area contributed by atoms with Gasteiger partial charge in [-0.25, -0.2) is 0 Å². The molecule has 2 aromatic carbocycles. The van der Waals surface area contributed by atoms with E-state index in [1.165, 1.54) is 14.2 Å². The van der Waals surface area contributed by atoms with Gasteiger partial charge in [-0.15, -0.1) is 11.8 Å². The second kappa shape index (κ2) is 10.2. The summed E-state index contributed by atoms with van der Waals surface area (Å²) in [6, 6.07) is 14.6. The van der Waals surface area contributed by atoms with Gasteiger partial charge in [-0.05, 0) is 53.3 Å². The monoisotopic (exact) mass is 477 g/mol. The summed E-state index contributed by atoms with van der Waals surface area (Å²) in [5.74, 6) is -0.0865. The van der Waals surface area contributed by atoms with E-state index in [2.05, 4.69) is 10.3 Å². The van der Waals surface area contributed by atoms with E-state index in [4.69, 9.17) is 9.47 Å². The van der Waals surface area contributed by atoms with Gasteiger partial charge in [0.25, 0.3) is 5.91 Å². The van der Waals surface area contributed by atoms with Gasteiger partial charge < -0.3 is 19.7 Å². The summed E-state index contributed by atoms with van der Waals surface area (Å²) in [5.41, 5.74) is 2.82. The van der Waals surface area contributed by atoms with Crippen molar-refractivity contribution < 1.29 is 19.1 Å². The summed E-state index contributed by atoms with van der Waals surface area (Å²) >= 11 is 1.64. The summed E-state index contributed by atoms with van der Waals surface area (Å²) in [5, 5.41) is 3.04. The van der Waals surface area contributed by atoms with E-state index in [1.807, 2.05) is 42.7 Å². The number of likely N-dealkylation sites (N-methyl/N-ethyl adjacent to an activating group) is 1. The van der Waals surface area contributed by atoms with Gasteiger partial charge in [0.1, 0.15) is 0 Å². The molecule has 0 saturated carbocycles. The van der Waals surface area contributed by atoms with Gasteiger partial charge >= 0.3 is 0 Å². The number of amides is 2. The molecule has 0 unspecified atom stereocenters. The van der Waals surface area contributed by atoms with E-state index in [9.17, 15) is 9.59 Å². The van der Waals surface area contributed by atoms with E-state index in [1.54, 1.807) is 48.2 Å². The highest BCUT2D eigenvalue weighted by Crippen LogP contribution is 2.45. The smallest absolute Gasteiger partial charge is 0.254 e. The van der Waals surface area contributed by atoms with Crippen molar-refractivity contribution in [2.24, 2.45) is 0 Å². The van der Waals surface area contributed by atoms with Crippen molar-refractivity contribution >= 4 is 23.6 Å². The molecular formula is C26H27N3O4S. The number of fused-ring (bicyclic) bond motifs is 1. The number of nitrogens with one attached hydrogen (secondary N) is 1. The van der Waals surface area contributed by atoms with Gasteiger partial charge in [-0.1, -0.05) is 18.2 Å². The van der Waals surface area contributed by atoms with Gasteiger partial charge in [0.05, 0.1) is 26.2 Å². The zero-order valence-electron chi connectivity index (χ0n) is 19.6. The first-order valence-electron chi connectivity index (χ1n) is 10.8. The lowest BCUT2D eigenvalue weighted by atomic mass is 9.79. The molecule has 0 bridgehead atoms. The fourth-order valence-electron chi connectivity index (χ4n) is 4.35. The zero-order chi connectivity index (χ0) is 24.2. The Morgan fingerprint density at radius 2 is 1.82 bits per heavy atom. The maximum atomic E-state index is 13.7. The number of hydrogen-bond donors (Lipinski definition) is 1. The molecule has 176 valence electrons. The van der Waals surface area contributed by atoms with Gasteiger partial charge in [-0.3, -0.25) is 14.6 Å². The molecular weight excluding hydrogens is 450 g/mol. The summed E-state index contributed by atoms with van der Waals surface area (Å²) < 4.78 is 10.9. The first-order valence-corrected chi connectivity index (χ1v) is 12.0. The number of thioether (sulfide) groups is 1. The Bertz CT molecular complexity index is 1180. The van der Waals surface area contributed by atoms with Crippen LogP contribution >= 0.6 is 11.8 Å². The molecule has 0 saturated heterocycles. The van der Waals surface area contributed by atoms with Crippen LogP contribution in [0.4, 0.5) is 0 Å². The van der Waals surface area contributed by atoms with E-state index in [0.717, 1.165) is 16.0 Å². The average Bonchev–Trinajstić information content (AvgIpc) is 2.89. The lowest BCUT2D eigenvalue weighted by Crippen LogP contribution is -2.45. The van der Waals surface area contributed by atoms with Crippen LogP contribution in [-0.2, 0) is 11.3 Å². The highest BCUT2D eigenvalue weighted by Gasteiger charge is 2.43. The minimum atomic E-state index is -0.644. The van der Waals surface area contributed by atoms with Crippen molar-refractivity contribution in [2.75, 3.05) is 27.5 Å². The van der Waals surface area contributed by atoms with Crippen molar-refractivity contribution in [3.8, 4) is 11.5 Å². The summed E-state index contributed by atoms with van der Waals surface area (Å²) in [4.78, 5) is 34.0. The molecule has 1 aliphatic rings. The number of nitrogens with zero attached hydrogens (tertiary/aromatic N) is 2. The molecule has 2 atom stereocenters. The van der Waals surface area contributed by atoms with Crippen molar-refractivity contribution in [3.05, 3.63) is 83.2 Å². The Hall–Kier alpha value is -3.52. The molecule has 0 radical (unpaired) electrons. The third-order valence-corrected chi connectivity index (χ3v) is 6.85. The van der Waals surface area contributed by atoms with Crippen molar-refractivity contribution in [1.82, 2.24) is 15.2 Å². The molecule has 8 heteroatoms. The van der Waals surface area contributed by atoms with Crippen LogP contribution in [0, 0.1) is 0 Å². The van der Waals surface area contributed by atoms with Crippen LogP contribution in [0.5, 0.6) is 11.5 Å². The third-order valence-electron chi connectivity index (χ3n) is 6.10. The molecule has 1 aromatic heterocycles. The summed E-state index contributed by atoms with van der Waals surface area (Å²) in [6.07, 6.45) is 5.42. The Balaban J connectivity index is 1.80. The quantitative estimate of drug-likeness (QED) is 0.517. The fourth-order valence-corrected chi connectivity index (χ4v) is 4.76. The van der Waals surface area contributed by atoms with E-state index < -0.39 is 12.0 Å².